The van der Waals surface area contributed by atoms with E-state index in [1.807, 2.05) is 25.1 Å². The molecule has 0 bridgehead atoms. The molecule has 2 aromatic heterocycles. The number of amides is 1. The molecule has 2 aromatic rings. The zero-order valence-corrected chi connectivity index (χ0v) is 12.9. The van der Waals surface area contributed by atoms with E-state index in [4.69, 9.17) is 10.5 Å². The second-order valence-electron chi connectivity index (χ2n) is 5.57. The SMILES string of the molecule is Cc1cc(NCC2CCC(C(N)=O)O2)nc(-c2cccnc2)n1. The Bertz CT molecular complexity index is 692. The van der Waals surface area contributed by atoms with Gasteiger partial charge >= 0.3 is 0 Å². The molecule has 7 heteroatoms. The first-order valence-corrected chi connectivity index (χ1v) is 7.56. The normalized spacial score (nSPS) is 20.4. The molecule has 3 heterocycles. The number of aryl methyl sites for hydroxylation is 1. The fraction of sp³-hybridized carbons (Fsp3) is 0.375. The summed E-state index contributed by atoms with van der Waals surface area (Å²) in [5, 5.41) is 3.25. The number of ether oxygens (including phenoxy) is 1. The van der Waals surface area contributed by atoms with Gasteiger partial charge in [0.2, 0.25) is 5.91 Å². The smallest absolute Gasteiger partial charge is 0.246 e. The molecule has 7 nitrogen and oxygen atoms in total. The number of primary amides is 1. The van der Waals surface area contributed by atoms with Gasteiger partial charge in [-0.2, -0.15) is 0 Å². The van der Waals surface area contributed by atoms with Crippen molar-refractivity contribution in [1.29, 1.82) is 0 Å². The van der Waals surface area contributed by atoms with Gasteiger partial charge in [0, 0.05) is 36.3 Å². The highest BCUT2D eigenvalue weighted by molar-refractivity contribution is 5.79. The standard InChI is InChI=1S/C16H19N5O2/c1-10-7-14(19-9-12-4-5-13(23-12)15(17)22)21-16(20-10)11-3-2-6-18-8-11/h2-3,6-8,12-13H,4-5,9H2,1H3,(H2,17,22)(H,19,20,21). The van der Waals surface area contributed by atoms with Crippen LogP contribution in [-0.2, 0) is 9.53 Å². The largest absolute Gasteiger partial charge is 0.367 e. The molecule has 3 N–H and O–H groups in total. The number of carbonyl (C=O) groups is 1. The summed E-state index contributed by atoms with van der Waals surface area (Å²) in [4.78, 5) is 24.2. The fourth-order valence-corrected chi connectivity index (χ4v) is 2.57. The molecular formula is C16H19N5O2. The van der Waals surface area contributed by atoms with Crippen molar-refractivity contribution in [2.75, 3.05) is 11.9 Å². The summed E-state index contributed by atoms with van der Waals surface area (Å²) >= 11 is 0. The summed E-state index contributed by atoms with van der Waals surface area (Å²) in [6.45, 7) is 2.49. The Hall–Kier alpha value is -2.54. The van der Waals surface area contributed by atoms with Crippen molar-refractivity contribution in [1.82, 2.24) is 15.0 Å². The third kappa shape index (κ3) is 3.81. The molecule has 0 aromatic carbocycles. The van der Waals surface area contributed by atoms with Crippen molar-refractivity contribution in [2.24, 2.45) is 5.73 Å². The monoisotopic (exact) mass is 313 g/mol. The molecule has 0 aliphatic carbocycles. The van der Waals surface area contributed by atoms with E-state index in [2.05, 4.69) is 20.3 Å². The maximum Gasteiger partial charge on any atom is 0.246 e. The third-order valence-electron chi connectivity index (χ3n) is 3.71. The van der Waals surface area contributed by atoms with Gasteiger partial charge in [-0.1, -0.05) is 0 Å². The summed E-state index contributed by atoms with van der Waals surface area (Å²) in [5.74, 6) is 0.953. The molecule has 3 rings (SSSR count). The first-order valence-electron chi connectivity index (χ1n) is 7.56. The maximum absolute atomic E-state index is 11.1. The van der Waals surface area contributed by atoms with E-state index in [0.717, 1.165) is 23.5 Å². The summed E-state index contributed by atoms with van der Waals surface area (Å²) in [5.41, 5.74) is 6.99. The van der Waals surface area contributed by atoms with Gasteiger partial charge < -0.3 is 15.8 Å². The van der Waals surface area contributed by atoms with Crippen molar-refractivity contribution in [3.8, 4) is 11.4 Å². The molecule has 2 unspecified atom stereocenters. The highest BCUT2D eigenvalue weighted by Gasteiger charge is 2.28. The molecule has 0 spiro atoms. The molecule has 23 heavy (non-hydrogen) atoms. The van der Waals surface area contributed by atoms with Crippen molar-refractivity contribution in [3.05, 3.63) is 36.3 Å². The Balaban J connectivity index is 1.67. The number of aromatic nitrogens is 3. The first-order chi connectivity index (χ1) is 11.1. The number of nitrogens with one attached hydrogen (secondary N) is 1. The minimum absolute atomic E-state index is 0.0374. The second-order valence-corrected chi connectivity index (χ2v) is 5.57. The van der Waals surface area contributed by atoms with Crippen LogP contribution in [0.4, 0.5) is 5.82 Å². The van der Waals surface area contributed by atoms with E-state index in [1.54, 1.807) is 12.4 Å². The lowest BCUT2D eigenvalue weighted by atomic mass is 10.2. The molecule has 1 saturated heterocycles. The summed E-state index contributed by atoms with van der Waals surface area (Å²) in [6, 6.07) is 5.65. The highest BCUT2D eigenvalue weighted by atomic mass is 16.5. The Kier molecular flexibility index (Phi) is 4.47. The molecule has 0 saturated carbocycles. The number of hydrogen-bond acceptors (Lipinski definition) is 6. The van der Waals surface area contributed by atoms with E-state index in [1.165, 1.54) is 0 Å². The number of anilines is 1. The predicted molar refractivity (Wildman–Crippen MR) is 85.6 cm³/mol. The van der Waals surface area contributed by atoms with Crippen LogP contribution in [0.15, 0.2) is 30.6 Å². The van der Waals surface area contributed by atoms with Gasteiger partial charge in [-0.25, -0.2) is 9.97 Å². The first kappa shape index (κ1) is 15.4. The molecule has 1 aliphatic heterocycles. The molecular weight excluding hydrogens is 294 g/mol. The van der Waals surface area contributed by atoms with Crippen molar-refractivity contribution in [2.45, 2.75) is 32.0 Å². The lowest BCUT2D eigenvalue weighted by Gasteiger charge is -2.14. The lowest BCUT2D eigenvalue weighted by molar-refractivity contribution is -0.128. The minimum atomic E-state index is -0.472. The van der Waals surface area contributed by atoms with E-state index < -0.39 is 12.0 Å². The summed E-state index contributed by atoms with van der Waals surface area (Å²) in [7, 11) is 0. The summed E-state index contributed by atoms with van der Waals surface area (Å²) < 4.78 is 5.60. The number of nitrogens with zero attached hydrogens (tertiary/aromatic N) is 3. The number of pyridine rings is 1. The van der Waals surface area contributed by atoms with Gasteiger partial charge in [0.05, 0.1) is 6.10 Å². The molecule has 120 valence electrons. The van der Waals surface area contributed by atoms with Crippen molar-refractivity contribution < 1.29 is 9.53 Å². The summed E-state index contributed by atoms with van der Waals surface area (Å²) in [6.07, 6.45) is 4.41. The van der Waals surface area contributed by atoms with Crippen LogP contribution in [0.25, 0.3) is 11.4 Å². The topological polar surface area (TPSA) is 103 Å². The molecule has 1 amide bonds. The van der Waals surface area contributed by atoms with E-state index in [0.29, 0.717) is 18.8 Å². The van der Waals surface area contributed by atoms with Crippen LogP contribution < -0.4 is 11.1 Å². The lowest BCUT2D eigenvalue weighted by Crippen LogP contribution is -2.30. The molecule has 1 fully saturated rings. The quantitative estimate of drug-likeness (QED) is 0.862. The zero-order chi connectivity index (χ0) is 16.2. The minimum Gasteiger partial charge on any atom is -0.367 e. The Morgan fingerprint density at radius 1 is 1.43 bits per heavy atom. The Morgan fingerprint density at radius 3 is 3.00 bits per heavy atom. The van der Waals surface area contributed by atoms with Crippen LogP contribution in [0.3, 0.4) is 0 Å². The number of rotatable bonds is 5. The zero-order valence-electron chi connectivity index (χ0n) is 12.9. The van der Waals surface area contributed by atoms with Gasteiger partial charge in [0.25, 0.3) is 0 Å². The van der Waals surface area contributed by atoms with Crippen LogP contribution >= 0.6 is 0 Å². The van der Waals surface area contributed by atoms with Gasteiger partial charge in [-0.3, -0.25) is 9.78 Å². The van der Waals surface area contributed by atoms with Crippen molar-refractivity contribution in [3.63, 3.8) is 0 Å². The van der Waals surface area contributed by atoms with E-state index in [-0.39, 0.29) is 6.10 Å². The average Bonchev–Trinajstić information content (AvgIpc) is 3.03. The average molecular weight is 313 g/mol. The number of hydrogen-bond donors (Lipinski definition) is 2. The van der Waals surface area contributed by atoms with Gasteiger partial charge in [0.1, 0.15) is 11.9 Å². The van der Waals surface area contributed by atoms with Crippen molar-refractivity contribution >= 4 is 11.7 Å². The number of nitrogens with two attached hydrogens (primary N) is 1. The Morgan fingerprint density at radius 2 is 2.30 bits per heavy atom. The Labute approximate surface area is 134 Å². The van der Waals surface area contributed by atoms with Gasteiger partial charge in [0.15, 0.2) is 5.82 Å². The molecule has 1 aliphatic rings. The van der Waals surface area contributed by atoms with E-state index in [9.17, 15) is 4.79 Å². The maximum atomic E-state index is 11.1. The fourth-order valence-electron chi connectivity index (χ4n) is 2.57. The third-order valence-corrected chi connectivity index (χ3v) is 3.71. The van der Waals surface area contributed by atoms with Crippen LogP contribution in [0.2, 0.25) is 0 Å². The van der Waals surface area contributed by atoms with Crippen LogP contribution in [-0.4, -0.2) is 39.6 Å². The van der Waals surface area contributed by atoms with Gasteiger partial charge in [-0.05, 0) is 31.9 Å². The highest BCUT2D eigenvalue weighted by Crippen LogP contribution is 2.21. The second kappa shape index (κ2) is 6.70. The molecule has 0 radical (unpaired) electrons. The number of carbonyl (C=O) groups excluding carboxylic acids is 1. The molecule has 2 atom stereocenters. The van der Waals surface area contributed by atoms with Crippen LogP contribution in [0.5, 0.6) is 0 Å². The van der Waals surface area contributed by atoms with Gasteiger partial charge in [-0.15, -0.1) is 0 Å². The predicted octanol–water partition coefficient (Wildman–Crippen LogP) is 1.29. The van der Waals surface area contributed by atoms with Crippen LogP contribution in [0, 0.1) is 6.92 Å². The van der Waals surface area contributed by atoms with Crippen LogP contribution in [0.1, 0.15) is 18.5 Å². The van der Waals surface area contributed by atoms with E-state index >= 15 is 0 Å².